The van der Waals surface area contributed by atoms with Gasteiger partial charge in [0.05, 0.1) is 11.5 Å². The Labute approximate surface area is 144 Å². The summed E-state index contributed by atoms with van der Waals surface area (Å²) in [7, 11) is -4.02. The molecule has 1 aromatic rings. The van der Waals surface area contributed by atoms with Crippen LogP contribution in [0.4, 0.5) is 0 Å². The molecule has 1 aliphatic rings. The first kappa shape index (κ1) is 20.6. The molecule has 2 rings (SSSR count). The van der Waals surface area contributed by atoms with Gasteiger partial charge in [-0.15, -0.1) is 0 Å². The minimum atomic E-state index is -4.02. The molecular weight excluding hydrogens is 330 g/mol. The number of esters is 1. The normalized spacial score (nSPS) is 17.8. The molecule has 6 nitrogen and oxygen atoms in total. The minimum Gasteiger partial charge on any atom is -0.464 e. The first-order valence-corrected chi connectivity index (χ1v) is 9.37. The molecule has 1 aromatic carbocycles. The Morgan fingerprint density at radius 1 is 1.29 bits per heavy atom. The predicted molar refractivity (Wildman–Crippen MR) is 92.4 cm³/mol. The van der Waals surface area contributed by atoms with Crippen molar-refractivity contribution in [3.05, 3.63) is 29.8 Å². The smallest absolute Gasteiger partial charge is 0.323 e. The van der Waals surface area contributed by atoms with Crippen LogP contribution in [0.3, 0.4) is 0 Å². The Morgan fingerprint density at radius 3 is 2.29 bits per heavy atom. The van der Waals surface area contributed by atoms with Gasteiger partial charge in [0, 0.05) is 0 Å². The molecule has 1 aliphatic heterocycles. The lowest BCUT2D eigenvalue weighted by Crippen LogP contribution is -2.34. The van der Waals surface area contributed by atoms with Crippen LogP contribution >= 0.6 is 0 Å². The third-order valence-corrected chi connectivity index (χ3v) is 4.18. The van der Waals surface area contributed by atoms with Crippen LogP contribution in [-0.4, -0.2) is 38.1 Å². The van der Waals surface area contributed by atoms with Crippen LogP contribution in [0, 0.1) is 12.3 Å². The molecular formula is C17H27NO5S. The van der Waals surface area contributed by atoms with Crippen molar-refractivity contribution in [2.45, 2.75) is 51.5 Å². The van der Waals surface area contributed by atoms with E-state index in [1.807, 2.05) is 6.92 Å². The Hall–Kier alpha value is -1.44. The number of benzene rings is 1. The van der Waals surface area contributed by atoms with Gasteiger partial charge >= 0.3 is 5.97 Å². The summed E-state index contributed by atoms with van der Waals surface area (Å²) in [5, 5.41) is 3.12. The largest absolute Gasteiger partial charge is 0.464 e. The zero-order valence-corrected chi connectivity index (χ0v) is 15.5. The van der Waals surface area contributed by atoms with Crippen molar-refractivity contribution in [3.8, 4) is 0 Å². The second-order valence-electron chi connectivity index (χ2n) is 7.11. The second kappa shape index (κ2) is 8.60. The van der Waals surface area contributed by atoms with E-state index in [2.05, 4.69) is 26.1 Å². The van der Waals surface area contributed by atoms with E-state index >= 15 is 0 Å². The van der Waals surface area contributed by atoms with Crippen molar-refractivity contribution in [1.29, 1.82) is 0 Å². The molecule has 7 heteroatoms. The quantitative estimate of drug-likeness (QED) is 0.638. The van der Waals surface area contributed by atoms with Gasteiger partial charge in [0.1, 0.15) is 6.04 Å². The number of nitrogens with one attached hydrogen (secondary N) is 1. The van der Waals surface area contributed by atoms with Crippen LogP contribution in [0.25, 0.3) is 0 Å². The highest BCUT2D eigenvalue weighted by Crippen LogP contribution is 2.14. The molecule has 0 amide bonds. The number of aryl methyl sites for hydroxylation is 1. The maximum Gasteiger partial charge on any atom is 0.323 e. The van der Waals surface area contributed by atoms with Crippen LogP contribution in [0.15, 0.2) is 29.2 Å². The van der Waals surface area contributed by atoms with Gasteiger partial charge in [-0.1, -0.05) is 38.5 Å². The molecule has 1 saturated heterocycles. The molecule has 136 valence electrons. The maximum atomic E-state index is 11.4. The van der Waals surface area contributed by atoms with Gasteiger partial charge in [-0.25, -0.2) is 0 Å². The first-order chi connectivity index (χ1) is 11.0. The molecule has 0 unspecified atom stereocenters. The van der Waals surface area contributed by atoms with Crippen molar-refractivity contribution in [1.82, 2.24) is 5.32 Å². The molecule has 0 aliphatic carbocycles. The highest BCUT2D eigenvalue weighted by atomic mass is 32.2. The second-order valence-corrected chi connectivity index (χ2v) is 8.53. The summed E-state index contributed by atoms with van der Waals surface area (Å²) < 4.78 is 34.7. The summed E-state index contributed by atoms with van der Waals surface area (Å²) in [5.74, 6) is -0.0903. The summed E-state index contributed by atoms with van der Waals surface area (Å²) in [6.07, 6.45) is 2.00. The van der Waals surface area contributed by atoms with Crippen molar-refractivity contribution < 1.29 is 22.5 Å². The zero-order chi connectivity index (χ0) is 18.4. The molecule has 0 bridgehead atoms. The molecule has 1 heterocycles. The lowest BCUT2D eigenvalue weighted by atomic mass is 9.99. The third-order valence-electron chi connectivity index (χ3n) is 3.31. The molecule has 24 heavy (non-hydrogen) atoms. The highest BCUT2D eigenvalue weighted by molar-refractivity contribution is 7.85. The third kappa shape index (κ3) is 7.90. The van der Waals surface area contributed by atoms with E-state index in [9.17, 15) is 13.2 Å². The number of carbonyl (C=O) groups excluding carboxylic acids is 1. The molecule has 0 spiro atoms. The van der Waals surface area contributed by atoms with E-state index in [0.717, 1.165) is 24.9 Å². The number of carbonyl (C=O) groups is 1. The van der Waals surface area contributed by atoms with E-state index < -0.39 is 10.1 Å². The number of ether oxygens (including phenoxy) is 1. The summed E-state index contributed by atoms with van der Waals surface area (Å²) in [5.41, 5.74) is 1.02. The maximum absolute atomic E-state index is 11.4. The van der Waals surface area contributed by atoms with Gasteiger partial charge in [-0.05, 0) is 43.9 Å². The van der Waals surface area contributed by atoms with Gasteiger partial charge in [0.15, 0.2) is 0 Å². The standard InChI is InChI=1S/C10H19NO2.C7H8O3S/c1-10(2,3)7-13-9(12)8-5-4-6-11-8;1-6-2-4-7(5-3-6)11(8,9)10/h8,11H,4-7H2,1-3H3;2-5H,1H3,(H,8,9,10)/t8-;/m0./s1. The molecule has 0 radical (unpaired) electrons. The van der Waals surface area contributed by atoms with Crippen molar-refractivity contribution >= 4 is 16.1 Å². The van der Waals surface area contributed by atoms with Crippen LogP contribution in [0.2, 0.25) is 0 Å². The fraction of sp³-hybridized carbons (Fsp3) is 0.588. The van der Waals surface area contributed by atoms with Crippen LogP contribution in [0.1, 0.15) is 39.2 Å². The summed E-state index contributed by atoms with van der Waals surface area (Å²) in [6.45, 7) is 9.46. The van der Waals surface area contributed by atoms with E-state index in [4.69, 9.17) is 9.29 Å². The van der Waals surface area contributed by atoms with Crippen molar-refractivity contribution in [2.75, 3.05) is 13.2 Å². The predicted octanol–water partition coefficient (Wildman–Crippen LogP) is 2.57. The summed E-state index contributed by atoms with van der Waals surface area (Å²) >= 11 is 0. The number of rotatable bonds is 3. The van der Waals surface area contributed by atoms with Gasteiger partial charge in [0.2, 0.25) is 0 Å². The zero-order valence-electron chi connectivity index (χ0n) is 14.7. The molecule has 1 atom stereocenters. The SMILES string of the molecule is CC(C)(C)COC(=O)[C@@H]1CCCN1.Cc1ccc(S(=O)(=O)O)cc1. The fourth-order valence-corrected chi connectivity index (χ4v) is 2.46. The van der Waals surface area contributed by atoms with E-state index in [0.29, 0.717) is 6.61 Å². The van der Waals surface area contributed by atoms with Crippen LogP contribution in [0.5, 0.6) is 0 Å². The van der Waals surface area contributed by atoms with Gasteiger partial charge < -0.3 is 10.1 Å². The lowest BCUT2D eigenvalue weighted by molar-refractivity contribution is -0.148. The van der Waals surface area contributed by atoms with E-state index in [-0.39, 0.29) is 22.3 Å². The molecule has 0 saturated carbocycles. The molecule has 0 aromatic heterocycles. The van der Waals surface area contributed by atoms with Gasteiger partial charge in [0.25, 0.3) is 10.1 Å². The lowest BCUT2D eigenvalue weighted by Gasteiger charge is -2.19. The van der Waals surface area contributed by atoms with Crippen LogP contribution in [-0.2, 0) is 19.6 Å². The number of hydrogen-bond acceptors (Lipinski definition) is 5. The van der Waals surface area contributed by atoms with Gasteiger partial charge in [-0.3, -0.25) is 9.35 Å². The molecule has 2 N–H and O–H groups in total. The summed E-state index contributed by atoms with van der Waals surface area (Å²) in [6, 6.07) is 5.93. The topological polar surface area (TPSA) is 92.7 Å². The Morgan fingerprint density at radius 2 is 1.88 bits per heavy atom. The van der Waals surface area contributed by atoms with Crippen LogP contribution < -0.4 is 5.32 Å². The number of hydrogen-bond donors (Lipinski definition) is 2. The van der Waals surface area contributed by atoms with Crippen molar-refractivity contribution in [2.24, 2.45) is 5.41 Å². The average Bonchev–Trinajstić information content (AvgIpc) is 2.98. The summed E-state index contributed by atoms with van der Waals surface area (Å²) in [4.78, 5) is 11.3. The minimum absolute atomic E-state index is 0.0534. The monoisotopic (exact) mass is 357 g/mol. The Kier molecular flexibility index (Phi) is 7.38. The van der Waals surface area contributed by atoms with E-state index in [1.165, 1.54) is 12.1 Å². The fourth-order valence-electron chi connectivity index (χ4n) is 1.98. The first-order valence-electron chi connectivity index (χ1n) is 7.93. The van der Waals surface area contributed by atoms with Gasteiger partial charge in [-0.2, -0.15) is 8.42 Å². The van der Waals surface area contributed by atoms with E-state index in [1.54, 1.807) is 12.1 Å². The molecule has 1 fully saturated rings. The average molecular weight is 357 g/mol. The Bertz CT molecular complexity index is 626. The highest BCUT2D eigenvalue weighted by Gasteiger charge is 2.24. The Balaban J connectivity index is 0.000000243. The van der Waals surface area contributed by atoms with Crippen molar-refractivity contribution in [3.63, 3.8) is 0 Å².